The number of benzene rings is 1. The van der Waals surface area contributed by atoms with E-state index < -0.39 is 20.8 Å². The first-order valence-electron chi connectivity index (χ1n) is 5.40. The van der Waals surface area contributed by atoms with Crippen molar-refractivity contribution in [3.63, 3.8) is 0 Å². The van der Waals surface area contributed by atoms with Crippen LogP contribution in [0, 0.1) is 11.3 Å². The summed E-state index contributed by atoms with van der Waals surface area (Å²) < 4.78 is 34.9. The minimum atomic E-state index is -4.01. The van der Waals surface area contributed by atoms with Crippen molar-refractivity contribution in [2.45, 2.75) is 9.61 Å². The highest BCUT2D eigenvalue weighted by atomic mass is 35.5. The van der Waals surface area contributed by atoms with E-state index in [4.69, 9.17) is 51.7 Å². The first kappa shape index (κ1) is 17.7. The predicted molar refractivity (Wildman–Crippen MR) is 82.7 cm³/mol. The van der Waals surface area contributed by atoms with Crippen molar-refractivity contribution in [3.05, 3.63) is 45.2 Å². The van der Waals surface area contributed by atoms with Crippen LogP contribution >= 0.6 is 46.4 Å². The monoisotopic (exact) mass is 402 g/mol. The lowest BCUT2D eigenvalue weighted by atomic mass is 10.3. The zero-order chi connectivity index (χ0) is 16.7. The first-order valence-corrected chi connectivity index (χ1v) is 8.07. The van der Waals surface area contributed by atoms with Gasteiger partial charge in [0.2, 0.25) is 0 Å². The fourth-order valence-corrected chi connectivity index (χ4v) is 3.72. The maximum absolute atomic E-state index is 13.0. The Kier molecular flexibility index (Phi) is 5.17. The molecular formula is C12H4Cl4F2N2OS. The molecule has 2 aromatic rings. The van der Waals surface area contributed by atoms with E-state index in [0.717, 1.165) is 6.20 Å². The molecule has 1 aromatic heterocycles. The third-order valence-corrected chi connectivity index (χ3v) is 4.92. The van der Waals surface area contributed by atoms with Crippen molar-refractivity contribution in [1.82, 2.24) is 4.57 Å². The summed E-state index contributed by atoms with van der Waals surface area (Å²) in [6, 6.07) is 4.45. The van der Waals surface area contributed by atoms with Gasteiger partial charge in [0.25, 0.3) is 0 Å². The van der Waals surface area contributed by atoms with Crippen molar-refractivity contribution in [2.24, 2.45) is 0 Å². The second-order valence-corrected chi connectivity index (χ2v) is 7.43. The summed E-state index contributed by atoms with van der Waals surface area (Å²) in [4.78, 5) is -0.426. The maximum atomic E-state index is 13.0. The van der Waals surface area contributed by atoms with E-state index in [1.807, 2.05) is 0 Å². The molecule has 22 heavy (non-hydrogen) atoms. The molecular weight excluding hydrogens is 400 g/mol. The third kappa shape index (κ3) is 3.46. The Morgan fingerprint density at radius 1 is 1.18 bits per heavy atom. The van der Waals surface area contributed by atoms with Gasteiger partial charge in [0, 0.05) is 22.8 Å². The normalized spacial score (nSPS) is 13.0. The third-order valence-electron chi connectivity index (χ3n) is 2.56. The molecule has 0 aliphatic carbocycles. The van der Waals surface area contributed by atoms with E-state index in [2.05, 4.69) is 0 Å². The average molecular weight is 404 g/mol. The zero-order valence-corrected chi connectivity index (χ0v) is 14.1. The van der Waals surface area contributed by atoms with E-state index in [9.17, 15) is 13.3 Å². The largest absolute Gasteiger partial charge is 0.606 e. The second kappa shape index (κ2) is 6.44. The zero-order valence-electron chi connectivity index (χ0n) is 10.3. The minimum Gasteiger partial charge on any atom is -0.606 e. The average Bonchev–Trinajstić information content (AvgIpc) is 2.79. The molecule has 10 heteroatoms. The van der Waals surface area contributed by atoms with E-state index in [1.54, 1.807) is 6.07 Å². The molecule has 3 nitrogen and oxygen atoms in total. The van der Waals surface area contributed by atoms with Gasteiger partial charge in [-0.3, -0.25) is 0 Å². The van der Waals surface area contributed by atoms with Gasteiger partial charge in [-0.25, -0.2) is 0 Å². The molecule has 0 saturated carbocycles. The molecule has 0 spiro atoms. The molecule has 0 N–H and O–H groups in total. The number of halogens is 6. The fraction of sp³-hybridized carbons (Fsp3) is 0.0833. The lowest BCUT2D eigenvalue weighted by Crippen LogP contribution is -2.22. The molecule has 1 aromatic carbocycles. The topological polar surface area (TPSA) is 51.8 Å². The van der Waals surface area contributed by atoms with E-state index in [-0.39, 0.29) is 26.3 Å². The van der Waals surface area contributed by atoms with Crippen molar-refractivity contribution >= 4 is 57.6 Å². The summed E-state index contributed by atoms with van der Waals surface area (Å²) in [6.45, 7) is 0. The number of nitriles is 1. The van der Waals surface area contributed by atoms with Crippen molar-refractivity contribution in [2.75, 3.05) is 0 Å². The molecule has 0 aliphatic heterocycles. The van der Waals surface area contributed by atoms with Gasteiger partial charge in [-0.2, -0.15) is 5.26 Å². The summed E-state index contributed by atoms with van der Waals surface area (Å²) in [5.74, 6) is 0. The molecule has 1 unspecified atom stereocenters. The SMILES string of the molecule is N#Cc1cn(-c2c(Cl)cc(Cl)cc2Cl)cc1[S+]([O-])C(F)(F)Cl. The van der Waals surface area contributed by atoms with Gasteiger partial charge in [0.15, 0.2) is 4.90 Å². The summed E-state index contributed by atoms with van der Waals surface area (Å²) in [5, 5.41) is 9.55. The molecule has 0 fully saturated rings. The predicted octanol–water partition coefficient (Wildman–Crippen LogP) is 5.21. The second-order valence-electron chi connectivity index (χ2n) is 3.99. The van der Waals surface area contributed by atoms with Gasteiger partial charge in [-0.1, -0.05) is 34.8 Å². The van der Waals surface area contributed by atoms with Crippen LogP contribution in [0.1, 0.15) is 5.56 Å². The summed E-state index contributed by atoms with van der Waals surface area (Å²) in [6.07, 6.45) is 2.24. The highest BCUT2D eigenvalue weighted by Crippen LogP contribution is 2.37. The van der Waals surface area contributed by atoms with E-state index >= 15 is 0 Å². The van der Waals surface area contributed by atoms with Gasteiger partial charge in [-0.15, -0.1) is 8.78 Å². The van der Waals surface area contributed by atoms with Gasteiger partial charge in [-0.05, 0) is 12.1 Å². The molecule has 2 rings (SSSR count). The lowest BCUT2D eigenvalue weighted by Gasteiger charge is -2.12. The molecule has 0 radical (unpaired) electrons. The Labute approximate surface area is 147 Å². The Morgan fingerprint density at radius 3 is 2.18 bits per heavy atom. The molecule has 1 heterocycles. The van der Waals surface area contributed by atoms with E-state index in [1.165, 1.54) is 22.9 Å². The Hall–Kier alpha value is -0.680. The van der Waals surface area contributed by atoms with Crippen molar-refractivity contribution in [1.29, 1.82) is 5.26 Å². The van der Waals surface area contributed by atoms with Crippen LogP contribution in [0.5, 0.6) is 0 Å². The van der Waals surface area contributed by atoms with Crippen LogP contribution in [0.2, 0.25) is 15.1 Å². The smallest absolute Gasteiger partial charge is 0.497 e. The van der Waals surface area contributed by atoms with Crippen LogP contribution in [0.3, 0.4) is 0 Å². The van der Waals surface area contributed by atoms with Gasteiger partial charge in [0.05, 0.1) is 33.1 Å². The van der Waals surface area contributed by atoms with Gasteiger partial charge < -0.3 is 9.12 Å². The number of alkyl halides is 3. The molecule has 0 amide bonds. The van der Waals surface area contributed by atoms with Gasteiger partial charge in [0.1, 0.15) is 11.6 Å². The van der Waals surface area contributed by atoms with E-state index in [0.29, 0.717) is 0 Å². The quantitative estimate of drug-likeness (QED) is 0.522. The maximum Gasteiger partial charge on any atom is 0.497 e. The number of nitrogens with zero attached hydrogens (tertiary/aromatic N) is 2. The van der Waals surface area contributed by atoms with Crippen molar-refractivity contribution in [3.8, 4) is 11.8 Å². The van der Waals surface area contributed by atoms with Gasteiger partial charge >= 0.3 is 4.71 Å². The minimum absolute atomic E-state index is 0.131. The highest BCUT2D eigenvalue weighted by Gasteiger charge is 2.45. The van der Waals surface area contributed by atoms with Crippen LogP contribution < -0.4 is 0 Å². The number of aromatic nitrogens is 1. The number of rotatable bonds is 3. The summed E-state index contributed by atoms with van der Waals surface area (Å²) in [7, 11) is 0. The fourth-order valence-electron chi connectivity index (χ4n) is 1.70. The standard InChI is InChI=1S/C12H4Cl4F2N2OS/c13-7-1-8(14)11(9(15)2-7)20-4-6(3-19)10(5-20)22(21)12(16,17)18/h1-2,4-5H. The molecule has 0 saturated heterocycles. The van der Waals surface area contributed by atoms with Crippen LogP contribution in [0.15, 0.2) is 29.4 Å². The Balaban J connectivity index is 2.61. The molecule has 0 aliphatic rings. The Bertz CT molecular complexity index is 746. The van der Waals surface area contributed by atoms with Crippen LogP contribution in [0.25, 0.3) is 5.69 Å². The first-order chi connectivity index (χ1) is 10.1. The summed E-state index contributed by atoms with van der Waals surface area (Å²) >= 11 is 19.7. The highest BCUT2D eigenvalue weighted by molar-refractivity contribution is 7.93. The molecule has 0 bridgehead atoms. The van der Waals surface area contributed by atoms with Crippen LogP contribution in [-0.2, 0) is 11.2 Å². The van der Waals surface area contributed by atoms with Crippen LogP contribution in [-0.4, -0.2) is 13.8 Å². The molecule has 1 atom stereocenters. The Morgan fingerprint density at radius 2 is 1.73 bits per heavy atom. The van der Waals surface area contributed by atoms with Crippen LogP contribution in [0.4, 0.5) is 8.78 Å². The lowest BCUT2D eigenvalue weighted by molar-refractivity contribution is 0.187. The molecule has 116 valence electrons. The van der Waals surface area contributed by atoms with Crippen molar-refractivity contribution < 1.29 is 13.3 Å². The summed E-state index contributed by atoms with van der Waals surface area (Å²) in [5.41, 5.74) is -0.0221. The number of hydrogen-bond acceptors (Lipinski definition) is 2. The number of hydrogen-bond donors (Lipinski definition) is 0.